The van der Waals surface area contributed by atoms with Crippen LogP contribution in [0.4, 0.5) is 0 Å². The first-order valence-corrected chi connectivity index (χ1v) is 9.83. The van der Waals surface area contributed by atoms with Crippen molar-refractivity contribution in [1.29, 1.82) is 0 Å². The number of hydrogen-bond acceptors (Lipinski definition) is 5. The molecular weight excluding hydrogens is 342 g/mol. The number of nitrogens with zero attached hydrogens (tertiary/aromatic N) is 1. The van der Waals surface area contributed by atoms with Gasteiger partial charge in [0.25, 0.3) is 10.2 Å². The smallest absolute Gasteiger partial charge is 0.279 e. The number of nitrogens with one attached hydrogen (secondary N) is 1. The predicted molar refractivity (Wildman–Crippen MR) is 99.7 cm³/mol. The standard InChI is InChI=1S/C17H31N3O4S/c1-14(2)15-5-7-16(8-6-15)17(18)13-19-25(21,22)20(9-11-23-3)10-12-24-4/h5-8,14,17,19H,9-13,18H2,1-4H3. The van der Waals surface area contributed by atoms with Crippen molar-refractivity contribution in [3.05, 3.63) is 35.4 Å². The van der Waals surface area contributed by atoms with Crippen molar-refractivity contribution >= 4 is 10.2 Å². The predicted octanol–water partition coefficient (Wildman–Crippen LogP) is 1.24. The second-order valence-electron chi connectivity index (χ2n) is 6.17. The van der Waals surface area contributed by atoms with Gasteiger partial charge in [-0.3, -0.25) is 0 Å². The molecule has 1 rings (SSSR count). The van der Waals surface area contributed by atoms with Gasteiger partial charge in [-0.15, -0.1) is 0 Å². The highest BCUT2D eigenvalue weighted by molar-refractivity contribution is 7.87. The van der Waals surface area contributed by atoms with E-state index in [1.54, 1.807) is 0 Å². The lowest BCUT2D eigenvalue weighted by atomic mass is 9.99. The van der Waals surface area contributed by atoms with Crippen LogP contribution in [0.15, 0.2) is 24.3 Å². The molecule has 1 aromatic rings. The van der Waals surface area contributed by atoms with Crippen LogP contribution in [-0.2, 0) is 19.7 Å². The van der Waals surface area contributed by atoms with E-state index in [1.807, 2.05) is 24.3 Å². The van der Waals surface area contributed by atoms with Crippen LogP contribution < -0.4 is 10.5 Å². The Bertz CT molecular complexity index is 582. The maximum Gasteiger partial charge on any atom is 0.279 e. The first-order valence-electron chi connectivity index (χ1n) is 8.39. The molecule has 0 heterocycles. The fourth-order valence-electron chi connectivity index (χ4n) is 2.27. The molecule has 0 saturated carbocycles. The SMILES string of the molecule is COCCN(CCOC)S(=O)(=O)NCC(N)c1ccc(C(C)C)cc1. The van der Waals surface area contributed by atoms with Gasteiger partial charge in [0.15, 0.2) is 0 Å². The molecule has 0 aliphatic heterocycles. The number of hydrogen-bond donors (Lipinski definition) is 2. The lowest BCUT2D eigenvalue weighted by Gasteiger charge is -2.23. The second-order valence-corrected chi connectivity index (χ2v) is 7.92. The van der Waals surface area contributed by atoms with Crippen molar-refractivity contribution in [2.75, 3.05) is 47.1 Å². The summed E-state index contributed by atoms with van der Waals surface area (Å²) >= 11 is 0. The Morgan fingerprint density at radius 1 is 1.04 bits per heavy atom. The summed E-state index contributed by atoms with van der Waals surface area (Å²) in [4.78, 5) is 0. The largest absolute Gasteiger partial charge is 0.383 e. The summed E-state index contributed by atoms with van der Waals surface area (Å²) in [7, 11) is -0.582. The molecule has 3 N–H and O–H groups in total. The van der Waals surface area contributed by atoms with Crippen LogP contribution in [0.1, 0.15) is 36.9 Å². The second kappa shape index (κ2) is 10.8. The molecule has 0 radical (unpaired) electrons. The number of rotatable bonds is 12. The van der Waals surface area contributed by atoms with E-state index < -0.39 is 16.3 Å². The van der Waals surface area contributed by atoms with Gasteiger partial charge in [-0.25, -0.2) is 4.72 Å². The van der Waals surface area contributed by atoms with Gasteiger partial charge in [0.1, 0.15) is 0 Å². The number of benzene rings is 1. The highest BCUT2D eigenvalue weighted by Gasteiger charge is 2.22. The topological polar surface area (TPSA) is 93.9 Å². The molecule has 1 aromatic carbocycles. The van der Waals surface area contributed by atoms with Crippen molar-refractivity contribution in [1.82, 2.24) is 9.03 Å². The lowest BCUT2D eigenvalue weighted by Crippen LogP contribution is -2.45. The van der Waals surface area contributed by atoms with Crippen LogP contribution in [-0.4, -0.2) is 59.8 Å². The minimum Gasteiger partial charge on any atom is -0.383 e. The van der Waals surface area contributed by atoms with Crippen molar-refractivity contribution in [3.63, 3.8) is 0 Å². The van der Waals surface area contributed by atoms with Crippen molar-refractivity contribution in [2.45, 2.75) is 25.8 Å². The summed E-state index contributed by atoms with van der Waals surface area (Å²) in [6, 6.07) is 7.53. The van der Waals surface area contributed by atoms with E-state index in [-0.39, 0.29) is 19.6 Å². The molecule has 0 aliphatic rings. The third-order valence-corrected chi connectivity index (χ3v) is 5.52. The first kappa shape index (κ1) is 22.0. The molecule has 0 aliphatic carbocycles. The number of methoxy groups -OCH3 is 2. The zero-order chi connectivity index (χ0) is 18.9. The molecule has 1 atom stereocenters. The zero-order valence-electron chi connectivity index (χ0n) is 15.6. The van der Waals surface area contributed by atoms with Gasteiger partial charge in [0, 0.05) is 39.9 Å². The van der Waals surface area contributed by atoms with Crippen molar-refractivity contribution in [2.24, 2.45) is 5.73 Å². The van der Waals surface area contributed by atoms with E-state index in [0.717, 1.165) is 5.56 Å². The van der Waals surface area contributed by atoms with E-state index in [9.17, 15) is 8.42 Å². The number of nitrogens with two attached hydrogens (primary N) is 1. The maximum absolute atomic E-state index is 12.5. The summed E-state index contributed by atoms with van der Waals surface area (Å²) in [5, 5.41) is 0. The molecule has 0 fully saturated rings. The van der Waals surface area contributed by atoms with Crippen LogP contribution in [0.3, 0.4) is 0 Å². The average molecular weight is 374 g/mol. The molecule has 0 amide bonds. The van der Waals surface area contributed by atoms with Gasteiger partial charge < -0.3 is 15.2 Å². The van der Waals surface area contributed by atoms with Crippen molar-refractivity contribution < 1.29 is 17.9 Å². The Kier molecular flexibility index (Phi) is 9.55. The van der Waals surface area contributed by atoms with Crippen LogP contribution in [0.5, 0.6) is 0 Å². The first-order chi connectivity index (χ1) is 11.8. The van der Waals surface area contributed by atoms with Gasteiger partial charge in [-0.1, -0.05) is 38.1 Å². The quantitative estimate of drug-likeness (QED) is 0.575. The Morgan fingerprint density at radius 2 is 1.52 bits per heavy atom. The molecule has 1 unspecified atom stereocenters. The third kappa shape index (κ3) is 7.39. The Balaban J connectivity index is 2.67. The summed E-state index contributed by atoms with van der Waals surface area (Å²) in [6.07, 6.45) is 0. The fourth-order valence-corrected chi connectivity index (χ4v) is 3.47. The minimum atomic E-state index is -3.65. The lowest BCUT2D eigenvalue weighted by molar-refractivity contribution is 0.149. The summed E-state index contributed by atoms with van der Waals surface area (Å²) in [5.41, 5.74) is 8.25. The highest BCUT2D eigenvalue weighted by Crippen LogP contribution is 2.17. The van der Waals surface area contributed by atoms with E-state index >= 15 is 0 Å². The van der Waals surface area contributed by atoms with E-state index in [1.165, 1.54) is 24.1 Å². The molecule has 7 nitrogen and oxygen atoms in total. The molecule has 0 saturated heterocycles. The van der Waals surface area contributed by atoms with E-state index in [2.05, 4.69) is 18.6 Å². The van der Waals surface area contributed by atoms with Gasteiger partial charge in [-0.2, -0.15) is 12.7 Å². The Morgan fingerprint density at radius 3 is 1.96 bits per heavy atom. The number of ether oxygens (including phenoxy) is 2. The van der Waals surface area contributed by atoms with Crippen molar-refractivity contribution in [3.8, 4) is 0 Å². The van der Waals surface area contributed by atoms with E-state index in [0.29, 0.717) is 19.1 Å². The molecule has 0 aromatic heterocycles. The maximum atomic E-state index is 12.5. The minimum absolute atomic E-state index is 0.125. The summed E-state index contributed by atoms with van der Waals surface area (Å²) < 4.78 is 38.8. The molecule has 0 bridgehead atoms. The van der Waals surface area contributed by atoms with Gasteiger partial charge in [0.2, 0.25) is 0 Å². The highest BCUT2D eigenvalue weighted by atomic mass is 32.2. The molecular formula is C17H31N3O4S. The van der Waals surface area contributed by atoms with Gasteiger partial charge in [-0.05, 0) is 17.0 Å². The van der Waals surface area contributed by atoms with Crippen LogP contribution in [0.25, 0.3) is 0 Å². The molecule has 25 heavy (non-hydrogen) atoms. The fraction of sp³-hybridized carbons (Fsp3) is 0.647. The monoisotopic (exact) mass is 373 g/mol. The van der Waals surface area contributed by atoms with Crippen LogP contribution >= 0.6 is 0 Å². The Hall–Kier alpha value is -1.03. The van der Waals surface area contributed by atoms with Gasteiger partial charge in [0.05, 0.1) is 13.2 Å². The van der Waals surface area contributed by atoms with Crippen LogP contribution in [0, 0.1) is 0 Å². The zero-order valence-corrected chi connectivity index (χ0v) is 16.4. The Labute approximate surface area is 151 Å². The third-order valence-electron chi connectivity index (χ3n) is 3.95. The normalized spacial score (nSPS) is 13.6. The van der Waals surface area contributed by atoms with E-state index in [4.69, 9.17) is 15.2 Å². The molecule has 144 valence electrons. The summed E-state index contributed by atoms with van der Waals surface area (Å²) in [6.45, 7) is 5.51. The van der Waals surface area contributed by atoms with Gasteiger partial charge >= 0.3 is 0 Å². The average Bonchev–Trinajstić information content (AvgIpc) is 2.59. The van der Waals surface area contributed by atoms with Crippen LogP contribution in [0.2, 0.25) is 0 Å². The molecule has 0 spiro atoms. The molecule has 8 heteroatoms. The summed E-state index contributed by atoms with van der Waals surface area (Å²) in [5.74, 6) is 0.443.